The minimum Gasteiger partial charge on any atom is -0.398 e. The van der Waals surface area contributed by atoms with Gasteiger partial charge >= 0.3 is 0 Å². The number of rotatable bonds is 0. The summed E-state index contributed by atoms with van der Waals surface area (Å²) >= 11 is 0. The predicted octanol–water partition coefficient (Wildman–Crippen LogP) is 2.66. The van der Waals surface area contributed by atoms with Gasteiger partial charge in [-0.2, -0.15) is 0 Å². The zero-order valence-electron chi connectivity index (χ0n) is 7.44. The Hall–Kier alpha value is -1.12. The van der Waals surface area contributed by atoms with Gasteiger partial charge in [-0.3, -0.25) is 0 Å². The molecule has 2 rings (SSSR count). The number of anilines is 1. The number of hydrogen-bond donors (Lipinski definition) is 2. The quantitative estimate of drug-likeness (QED) is 0.673. The topological polar surface area (TPSA) is 38.0 Å². The van der Waals surface area contributed by atoms with E-state index in [2.05, 4.69) is 5.32 Å². The van der Waals surface area contributed by atoms with Crippen molar-refractivity contribution in [2.24, 2.45) is 0 Å². The van der Waals surface area contributed by atoms with E-state index in [-0.39, 0.29) is 24.8 Å². The van der Waals surface area contributed by atoms with Crippen LogP contribution < -0.4 is 11.1 Å². The maximum Gasteiger partial charge on any atom is 0.0394 e. The second-order valence-electron chi connectivity index (χ2n) is 2.68. The Balaban J connectivity index is 0.000000845. The van der Waals surface area contributed by atoms with Crippen LogP contribution in [0.1, 0.15) is 11.1 Å². The van der Waals surface area contributed by atoms with Crippen molar-refractivity contribution in [1.29, 1.82) is 0 Å². The molecule has 1 aliphatic heterocycles. The first kappa shape index (κ1) is 12.9. The van der Waals surface area contributed by atoms with Gasteiger partial charge in [-0.25, -0.2) is 0 Å². The molecule has 4 heteroatoms. The number of nitrogens with one attached hydrogen (secondary N) is 1. The van der Waals surface area contributed by atoms with E-state index in [0.717, 1.165) is 16.8 Å². The maximum atomic E-state index is 5.80. The van der Waals surface area contributed by atoms with Crippen molar-refractivity contribution >= 4 is 42.7 Å². The average Bonchev–Trinajstić information content (AvgIpc) is 2.30. The zero-order valence-corrected chi connectivity index (χ0v) is 9.07. The Morgan fingerprint density at radius 3 is 2.50 bits per heavy atom. The number of nitrogens with two attached hydrogens (primary N) is 1. The van der Waals surface area contributed by atoms with E-state index >= 15 is 0 Å². The molecule has 0 radical (unpaired) electrons. The number of halogens is 2. The molecule has 0 fully saturated rings. The van der Waals surface area contributed by atoms with E-state index in [9.17, 15) is 0 Å². The predicted molar refractivity (Wildman–Crippen MR) is 66.6 cm³/mol. The molecule has 14 heavy (non-hydrogen) atoms. The van der Waals surface area contributed by atoms with E-state index in [1.54, 1.807) is 0 Å². The van der Waals surface area contributed by atoms with Crippen molar-refractivity contribution in [2.45, 2.75) is 0 Å². The van der Waals surface area contributed by atoms with Crippen molar-refractivity contribution < 1.29 is 0 Å². The lowest BCUT2D eigenvalue weighted by atomic mass is 10.1. The van der Waals surface area contributed by atoms with Crippen LogP contribution >= 0.6 is 24.8 Å². The van der Waals surface area contributed by atoms with Crippen LogP contribution in [-0.4, -0.2) is 0 Å². The number of fused-ring (bicyclic) bond motifs is 1. The molecular weight excluding hydrogens is 219 g/mol. The maximum absolute atomic E-state index is 5.80. The molecule has 76 valence electrons. The summed E-state index contributed by atoms with van der Waals surface area (Å²) in [4.78, 5) is 0. The second-order valence-corrected chi connectivity index (χ2v) is 2.68. The summed E-state index contributed by atoms with van der Waals surface area (Å²) in [6, 6.07) is 5.90. The highest BCUT2D eigenvalue weighted by Gasteiger charge is 2.00. The molecule has 1 aromatic rings. The largest absolute Gasteiger partial charge is 0.398 e. The Morgan fingerprint density at radius 1 is 1.00 bits per heavy atom. The molecule has 1 heterocycles. The van der Waals surface area contributed by atoms with Crippen LogP contribution in [0.3, 0.4) is 0 Å². The molecule has 1 aliphatic rings. The summed E-state index contributed by atoms with van der Waals surface area (Å²) in [7, 11) is 0. The van der Waals surface area contributed by atoms with E-state index in [4.69, 9.17) is 5.73 Å². The summed E-state index contributed by atoms with van der Waals surface area (Å²) in [6.45, 7) is 0. The molecule has 0 amide bonds. The Labute approximate surface area is 95.7 Å². The monoisotopic (exact) mass is 230 g/mol. The van der Waals surface area contributed by atoms with Gasteiger partial charge in [0, 0.05) is 23.7 Å². The molecule has 0 aliphatic carbocycles. The lowest BCUT2D eigenvalue weighted by Gasteiger charge is -2.02. The van der Waals surface area contributed by atoms with Crippen LogP contribution in [0.15, 0.2) is 30.6 Å². The third-order valence-corrected chi connectivity index (χ3v) is 1.88. The Kier molecular flexibility index (Phi) is 5.13. The average molecular weight is 231 g/mol. The fourth-order valence-electron chi connectivity index (χ4n) is 1.26. The molecule has 2 nitrogen and oxygen atoms in total. The highest BCUT2D eigenvalue weighted by Crippen LogP contribution is 2.20. The summed E-state index contributed by atoms with van der Waals surface area (Å²) in [5, 5.41) is 3.00. The molecule has 1 aromatic carbocycles. The SMILES string of the molecule is Cl.Cl.Nc1cccc2c1C=CNC=C2. The van der Waals surface area contributed by atoms with Crippen molar-refractivity contribution in [1.82, 2.24) is 5.32 Å². The van der Waals surface area contributed by atoms with Gasteiger partial charge in [0.1, 0.15) is 0 Å². The zero-order chi connectivity index (χ0) is 8.39. The van der Waals surface area contributed by atoms with Crippen LogP contribution in [0.25, 0.3) is 12.2 Å². The molecule has 0 atom stereocenters. The molecule has 0 aromatic heterocycles. The lowest BCUT2D eigenvalue weighted by Crippen LogP contribution is -1.90. The fourth-order valence-corrected chi connectivity index (χ4v) is 1.26. The highest BCUT2D eigenvalue weighted by molar-refractivity contribution is 5.85. The Bertz CT molecular complexity index is 359. The summed E-state index contributed by atoms with van der Waals surface area (Å²) in [6.07, 6.45) is 7.75. The number of nitrogen functional groups attached to an aromatic ring is 1. The minimum atomic E-state index is 0. The van der Waals surface area contributed by atoms with Crippen molar-refractivity contribution in [3.63, 3.8) is 0 Å². The molecular formula is C10H12Cl2N2. The second kappa shape index (κ2) is 5.58. The van der Waals surface area contributed by atoms with Gasteiger partial charge in [0.15, 0.2) is 0 Å². The minimum absolute atomic E-state index is 0. The summed E-state index contributed by atoms with van der Waals surface area (Å²) in [5.41, 5.74) is 8.85. The van der Waals surface area contributed by atoms with E-state index < -0.39 is 0 Å². The van der Waals surface area contributed by atoms with Crippen LogP contribution in [0.4, 0.5) is 5.69 Å². The van der Waals surface area contributed by atoms with Gasteiger partial charge in [0.05, 0.1) is 0 Å². The first-order valence-corrected chi connectivity index (χ1v) is 3.85. The van der Waals surface area contributed by atoms with Crippen molar-refractivity contribution in [3.8, 4) is 0 Å². The first-order chi connectivity index (χ1) is 5.88. The highest BCUT2D eigenvalue weighted by atomic mass is 35.5. The molecule has 0 unspecified atom stereocenters. The van der Waals surface area contributed by atoms with Gasteiger partial charge in [-0.15, -0.1) is 24.8 Å². The normalized spacial score (nSPS) is 11.4. The van der Waals surface area contributed by atoms with Gasteiger partial charge < -0.3 is 11.1 Å². The van der Waals surface area contributed by atoms with Gasteiger partial charge in [0.25, 0.3) is 0 Å². The smallest absolute Gasteiger partial charge is 0.0394 e. The molecule has 0 saturated heterocycles. The van der Waals surface area contributed by atoms with Gasteiger partial charge in [-0.05, 0) is 23.8 Å². The van der Waals surface area contributed by atoms with E-state index in [1.807, 2.05) is 42.8 Å². The summed E-state index contributed by atoms with van der Waals surface area (Å²) in [5.74, 6) is 0. The lowest BCUT2D eigenvalue weighted by molar-refractivity contribution is 1.22. The third kappa shape index (κ3) is 2.44. The van der Waals surface area contributed by atoms with Crippen LogP contribution in [0.2, 0.25) is 0 Å². The molecule has 0 saturated carbocycles. The van der Waals surface area contributed by atoms with Crippen molar-refractivity contribution in [3.05, 3.63) is 41.7 Å². The molecule has 0 spiro atoms. The Morgan fingerprint density at radius 2 is 1.71 bits per heavy atom. The number of benzene rings is 1. The first-order valence-electron chi connectivity index (χ1n) is 3.85. The van der Waals surface area contributed by atoms with E-state index in [1.165, 1.54) is 0 Å². The standard InChI is InChI=1S/C10H10N2.2ClH/c11-10-3-1-2-8-4-6-12-7-5-9(8)10;;/h1-7,12H,11H2;2*1H. The van der Waals surface area contributed by atoms with Gasteiger partial charge in [-0.1, -0.05) is 12.1 Å². The summed E-state index contributed by atoms with van der Waals surface area (Å²) < 4.78 is 0. The third-order valence-electron chi connectivity index (χ3n) is 1.88. The van der Waals surface area contributed by atoms with Crippen LogP contribution in [0.5, 0.6) is 0 Å². The van der Waals surface area contributed by atoms with Crippen molar-refractivity contribution in [2.75, 3.05) is 5.73 Å². The van der Waals surface area contributed by atoms with E-state index in [0.29, 0.717) is 0 Å². The fraction of sp³-hybridized carbons (Fsp3) is 0. The van der Waals surface area contributed by atoms with Crippen LogP contribution in [-0.2, 0) is 0 Å². The number of hydrogen-bond acceptors (Lipinski definition) is 2. The molecule has 3 N–H and O–H groups in total. The van der Waals surface area contributed by atoms with Crippen LogP contribution in [0, 0.1) is 0 Å². The molecule has 0 bridgehead atoms. The van der Waals surface area contributed by atoms with Gasteiger partial charge in [0.2, 0.25) is 0 Å².